The smallest absolute Gasteiger partial charge is 0.223 e. The topological polar surface area (TPSA) is 29.1 Å². The van der Waals surface area contributed by atoms with Crippen molar-refractivity contribution < 1.29 is 4.79 Å². The molecule has 1 N–H and O–H groups in total. The van der Waals surface area contributed by atoms with Gasteiger partial charge in [0, 0.05) is 17.3 Å². The minimum Gasteiger partial charge on any atom is -0.356 e. The van der Waals surface area contributed by atoms with Gasteiger partial charge in [-0.05, 0) is 37.5 Å². The lowest BCUT2D eigenvalue weighted by atomic mass is 10.1. The number of amides is 1. The van der Waals surface area contributed by atoms with Crippen molar-refractivity contribution in [1.29, 1.82) is 0 Å². The highest BCUT2D eigenvalue weighted by molar-refractivity contribution is 9.09. The SMILES string of the molecule is CC1CC1C(=O)NCC1CCC(Br)C1. The van der Waals surface area contributed by atoms with E-state index in [1.54, 1.807) is 0 Å². The molecule has 0 aromatic carbocycles. The first-order chi connectivity index (χ1) is 6.66. The van der Waals surface area contributed by atoms with Crippen molar-refractivity contribution in [3.63, 3.8) is 0 Å². The Hall–Kier alpha value is -0.0500. The Balaban J connectivity index is 1.65. The average Bonchev–Trinajstić information content (AvgIpc) is 2.72. The van der Waals surface area contributed by atoms with Crippen molar-refractivity contribution in [1.82, 2.24) is 5.32 Å². The molecule has 0 spiro atoms. The van der Waals surface area contributed by atoms with Crippen LogP contribution >= 0.6 is 15.9 Å². The van der Waals surface area contributed by atoms with Crippen LogP contribution in [0, 0.1) is 17.8 Å². The Morgan fingerprint density at radius 2 is 2.14 bits per heavy atom. The number of hydrogen-bond acceptors (Lipinski definition) is 1. The van der Waals surface area contributed by atoms with Crippen LogP contribution in [0.25, 0.3) is 0 Å². The molecule has 80 valence electrons. The van der Waals surface area contributed by atoms with E-state index in [-0.39, 0.29) is 5.91 Å². The Morgan fingerprint density at radius 1 is 1.43 bits per heavy atom. The van der Waals surface area contributed by atoms with Gasteiger partial charge in [-0.3, -0.25) is 4.79 Å². The molecule has 0 bridgehead atoms. The Morgan fingerprint density at radius 3 is 2.64 bits per heavy atom. The van der Waals surface area contributed by atoms with Crippen LogP contribution in [0.2, 0.25) is 0 Å². The van der Waals surface area contributed by atoms with Gasteiger partial charge < -0.3 is 5.32 Å². The van der Waals surface area contributed by atoms with E-state index in [0.717, 1.165) is 13.0 Å². The minimum atomic E-state index is 0.288. The molecule has 0 aliphatic heterocycles. The first-order valence-electron chi connectivity index (χ1n) is 5.58. The van der Waals surface area contributed by atoms with Gasteiger partial charge in [0.2, 0.25) is 5.91 Å². The summed E-state index contributed by atoms with van der Waals surface area (Å²) in [5.74, 6) is 1.95. The molecule has 0 radical (unpaired) electrons. The predicted molar refractivity (Wildman–Crippen MR) is 60.3 cm³/mol. The summed E-state index contributed by atoms with van der Waals surface area (Å²) in [6.45, 7) is 3.04. The maximum atomic E-state index is 11.5. The number of rotatable bonds is 3. The van der Waals surface area contributed by atoms with Crippen LogP contribution in [0.1, 0.15) is 32.6 Å². The number of halogens is 1. The van der Waals surface area contributed by atoms with Crippen LogP contribution in [0.4, 0.5) is 0 Å². The summed E-state index contributed by atoms with van der Waals surface area (Å²) < 4.78 is 0. The van der Waals surface area contributed by atoms with Gasteiger partial charge in [-0.15, -0.1) is 0 Å². The number of nitrogens with one attached hydrogen (secondary N) is 1. The predicted octanol–water partition coefficient (Wildman–Crippen LogP) is 2.32. The van der Waals surface area contributed by atoms with Gasteiger partial charge in [-0.2, -0.15) is 0 Å². The summed E-state index contributed by atoms with van der Waals surface area (Å²) in [6, 6.07) is 0. The molecule has 2 rings (SSSR count). The molecule has 0 aromatic heterocycles. The van der Waals surface area contributed by atoms with Crippen LogP contribution in [-0.2, 0) is 4.79 Å². The molecule has 0 heterocycles. The Kier molecular flexibility index (Phi) is 3.15. The fraction of sp³-hybridized carbons (Fsp3) is 0.909. The standard InChI is InChI=1S/C11H18BrNO/c1-7-4-10(7)11(14)13-6-8-2-3-9(12)5-8/h7-10H,2-6H2,1H3,(H,13,14). The van der Waals surface area contributed by atoms with Crippen molar-refractivity contribution in [3.05, 3.63) is 0 Å². The first kappa shape index (κ1) is 10.5. The molecule has 3 heteroatoms. The van der Waals surface area contributed by atoms with Crippen LogP contribution in [0.5, 0.6) is 0 Å². The molecule has 0 aromatic rings. The lowest BCUT2D eigenvalue weighted by Gasteiger charge is -2.10. The van der Waals surface area contributed by atoms with Gasteiger partial charge in [-0.25, -0.2) is 0 Å². The van der Waals surface area contributed by atoms with Gasteiger partial charge in [0.05, 0.1) is 0 Å². The van der Waals surface area contributed by atoms with Gasteiger partial charge in [-0.1, -0.05) is 22.9 Å². The highest BCUT2D eigenvalue weighted by Gasteiger charge is 2.39. The molecule has 2 fully saturated rings. The molecule has 4 atom stereocenters. The lowest BCUT2D eigenvalue weighted by Crippen LogP contribution is -2.30. The summed E-state index contributed by atoms with van der Waals surface area (Å²) in [5, 5.41) is 3.08. The average molecular weight is 260 g/mol. The monoisotopic (exact) mass is 259 g/mol. The van der Waals surface area contributed by atoms with E-state index in [9.17, 15) is 4.79 Å². The Labute approximate surface area is 94.0 Å². The zero-order valence-corrected chi connectivity index (χ0v) is 10.2. The quantitative estimate of drug-likeness (QED) is 0.775. The molecule has 1 amide bonds. The van der Waals surface area contributed by atoms with Crippen molar-refractivity contribution in [2.24, 2.45) is 17.8 Å². The maximum absolute atomic E-state index is 11.5. The second-order valence-electron chi connectivity index (χ2n) is 4.84. The molecule has 2 aliphatic rings. The minimum absolute atomic E-state index is 0.288. The number of alkyl halides is 1. The molecule has 2 nitrogen and oxygen atoms in total. The zero-order valence-electron chi connectivity index (χ0n) is 8.63. The third-order valence-corrected chi connectivity index (χ3v) is 4.32. The van der Waals surface area contributed by atoms with E-state index in [2.05, 4.69) is 28.2 Å². The van der Waals surface area contributed by atoms with Gasteiger partial charge >= 0.3 is 0 Å². The summed E-state index contributed by atoms with van der Waals surface area (Å²) in [4.78, 5) is 12.2. The van der Waals surface area contributed by atoms with Crippen molar-refractivity contribution >= 4 is 21.8 Å². The molecule has 14 heavy (non-hydrogen) atoms. The number of carbonyl (C=O) groups excluding carboxylic acids is 1. The van der Waals surface area contributed by atoms with Gasteiger partial charge in [0.25, 0.3) is 0 Å². The second kappa shape index (κ2) is 4.21. The summed E-state index contributed by atoms with van der Waals surface area (Å²) in [5.41, 5.74) is 0. The largest absolute Gasteiger partial charge is 0.356 e. The lowest BCUT2D eigenvalue weighted by molar-refractivity contribution is -0.122. The molecule has 2 saturated carbocycles. The van der Waals surface area contributed by atoms with E-state index >= 15 is 0 Å². The number of hydrogen-bond donors (Lipinski definition) is 1. The summed E-state index contributed by atoms with van der Waals surface area (Å²) in [6.07, 6.45) is 4.84. The van der Waals surface area contributed by atoms with Crippen LogP contribution in [0.15, 0.2) is 0 Å². The van der Waals surface area contributed by atoms with Crippen molar-refractivity contribution in [2.45, 2.75) is 37.4 Å². The van der Waals surface area contributed by atoms with E-state index in [1.807, 2.05) is 0 Å². The fourth-order valence-electron chi connectivity index (χ4n) is 2.26. The summed E-state index contributed by atoms with van der Waals surface area (Å²) in [7, 11) is 0. The van der Waals surface area contributed by atoms with E-state index in [4.69, 9.17) is 0 Å². The van der Waals surface area contributed by atoms with Gasteiger partial charge in [0.1, 0.15) is 0 Å². The first-order valence-corrected chi connectivity index (χ1v) is 6.50. The summed E-state index contributed by atoms with van der Waals surface area (Å²) >= 11 is 3.62. The third kappa shape index (κ3) is 2.50. The molecule has 2 aliphatic carbocycles. The van der Waals surface area contributed by atoms with Crippen LogP contribution in [-0.4, -0.2) is 17.3 Å². The number of carbonyl (C=O) groups is 1. The third-order valence-electron chi connectivity index (χ3n) is 3.49. The molecule has 4 unspecified atom stereocenters. The van der Waals surface area contributed by atoms with Crippen LogP contribution in [0.3, 0.4) is 0 Å². The fourth-order valence-corrected chi connectivity index (χ4v) is 3.06. The highest BCUT2D eigenvalue weighted by atomic mass is 79.9. The van der Waals surface area contributed by atoms with Crippen molar-refractivity contribution in [2.75, 3.05) is 6.54 Å². The Bertz CT molecular complexity index is 231. The van der Waals surface area contributed by atoms with Crippen molar-refractivity contribution in [3.8, 4) is 0 Å². The zero-order chi connectivity index (χ0) is 10.1. The van der Waals surface area contributed by atoms with E-state index < -0.39 is 0 Å². The normalized spacial score (nSPS) is 41.0. The molecule has 0 saturated heterocycles. The van der Waals surface area contributed by atoms with Gasteiger partial charge in [0.15, 0.2) is 0 Å². The second-order valence-corrected chi connectivity index (χ2v) is 6.14. The van der Waals surface area contributed by atoms with E-state index in [0.29, 0.717) is 22.6 Å². The maximum Gasteiger partial charge on any atom is 0.223 e. The molecular weight excluding hydrogens is 242 g/mol. The van der Waals surface area contributed by atoms with Crippen LogP contribution < -0.4 is 5.32 Å². The highest BCUT2D eigenvalue weighted by Crippen LogP contribution is 2.38. The molecular formula is C11H18BrNO. The van der Waals surface area contributed by atoms with E-state index in [1.165, 1.54) is 19.3 Å².